The first kappa shape index (κ1) is 11.0. The Morgan fingerprint density at radius 2 is 2.43 bits per heavy atom. The van der Waals surface area contributed by atoms with E-state index in [-0.39, 0.29) is 6.10 Å². The lowest BCUT2D eigenvalue weighted by atomic mass is 10.3. The van der Waals surface area contributed by atoms with Crippen LogP contribution < -0.4 is 4.74 Å². The number of halogens is 1. The molecule has 0 fully saturated rings. The predicted octanol–water partition coefficient (Wildman–Crippen LogP) is 2.89. The smallest absolute Gasteiger partial charge is 0.231 e. The molecule has 1 atom stereocenters. The molecule has 0 saturated heterocycles. The molecule has 0 radical (unpaired) electrons. The van der Waals surface area contributed by atoms with E-state index in [1.807, 2.05) is 19.9 Å². The lowest BCUT2D eigenvalue weighted by Gasteiger charge is -2.12. The molecule has 0 N–H and O–H groups in total. The molecule has 74 valence electrons. The van der Waals surface area contributed by atoms with Gasteiger partial charge in [0.25, 0.3) is 0 Å². The number of nitriles is 1. The van der Waals surface area contributed by atoms with Crippen LogP contribution >= 0.6 is 15.9 Å². The number of hydrogen-bond donors (Lipinski definition) is 0. The number of hydrogen-bond acceptors (Lipinski definition) is 3. The van der Waals surface area contributed by atoms with E-state index in [4.69, 9.17) is 10.00 Å². The first-order valence-electron chi connectivity index (χ1n) is 4.39. The summed E-state index contributed by atoms with van der Waals surface area (Å²) in [6.07, 6.45) is 2.59. The summed E-state index contributed by atoms with van der Waals surface area (Å²) >= 11 is 3.25. The molecule has 0 bridgehead atoms. The normalized spacial score (nSPS) is 11.9. The second kappa shape index (κ2) is 4.97. The Labute approximate surface area is 91.8 Å². The minimum atomic E-state index is 0.0794. The van der Waals surface area contributed by atoms with Crippen molar-refractivity contribution >= 4 is 15.9 Å². The SMILES string of the molecule is CCC(C)Oc1ncc(Br)cc1C#N. The van der Waals surface area contributed by atoms with Crippen LogP contribution in [-0.4, -0.2) is 11.1 Å². The average molecular weight is 255 g/mol. The molecule has 0 amide bonds. The molecule has 0 aliphatic carbocycles. The van der Waals surface area contributed by atoms with Crippen LogP contribution in [0.15, 0.2) is 16.7 Å². The fraction of sp³-hybridized carbons (Fsp3) is 0.400. The summed E-state index contributed by atoms with van der Waals surface area (Å²) < 4.78 is 6.27. The minimum Gasteiger partial charge on any atom is -0.474 e. The number of ether oxygens (including phenoxy) is 1. The molecule has 0 saturated carbocycles. The standard InChI is InChI=1S/C10H11BrN2O/c1-3-7(2)14-10-8(5-12)4-9(11)6-13-10/h4,6-7H,3H2,1-2H3. The van der Waals surface area contributed by atoms with Crippen LogP contribution in [0.5, 0.6) is 5.88 Å². The van der Waals surface area contributed by atoms with Crippen LogP contribution in [0.4, 0.5) is 0 Å². The summed E-state index contributed by atoms with van der Waals surface area (Å²) in [5, 5.41) is 8.84. The second-order valence-electron chi connectivity index (χ2n) is 2.95. The van der Waals surface area contributed by atoms with Crippen molar-refractivity contribution in [3.05, 3.63) is 22.3 Å². The van der Waals surface area contributed by atoms with E-state index in [1.54, 1.807) is 12.3 Å². The number of pyridine rings is 1. The predicted molar refractivity (Wildman–Crippen MR) is 57.0 cm³/mol. The van der Waals surface area contributed by atoms with Gasteiger partial charge in [0.15, 0.2) is 0 Å². The van der Waals surface area contributed by atoms with Crippen LogP contribution in [-0.2, 0) is 0 Å². The van der Waals surface area contributed by atoms with Gasteiger partial charge in [-0.25, -0.2) is 4.98 Å². The molecule has 0 spiro atoms. The number of aromatic nitrogens is 1. The highest BCUT2D eigenvalue weighted by Gasteiger charge is 2.08. The molecule has 14 heavy (non-hydrogen) atoms. The maximum Gasteiger partial charge on any atom is 0.231 e. The van der Waals surface area contributed by atoms with Gasteiger partial charge in [-0.15, -0.1) is 0 Å². The molecule has 1 heterocycles. The zero-order valence-electron chi connectivity index (χ0n) is 8.12. The fourth-order valence-electron chi connectivity index (χ4n) is 0.875. The highest BCUT2D eigenvalue weighted by molar-refractivity contribution is 9.10. The Bertz CT molecular complexity index is 360. The van der Waals surface area contributed by atoms with E-state index >= 15 is 0 Å². The van der Waals surface area contributed by atoms with Crippen LogP contribution in [0.2, 0.25) is 0 Å². The zero-order valence-corrected chi connectivity index (χ0v) is 9.71. The van der Waals surface area contributed by atoms with Crippen molar-refractivity contribution in [3.8, 4) is 11.9 Å². The van der Waals surface area contributed by atoms with Gasteiger partial charge >= 0.3 is 0 Å². The van der Waals surface area contributed by atoms with Gasteiger partial charge in [0.1, 0.15) is 11.6 Å². The van der Waals surface area contributed by atoms with Gasteiger partial charge in [0.2, 0.25) is 5.88 Å². The lowest BCUT2D eigenvalue weighted by Crippen LogP contribution is -2.11. The topological polar surface area (TPSA) is 45.9 Å². The van der Waals surface area contributed by atoms with Crippen LogP contribution in [0.3, 0.4) is 0 Å². The summed E-state index contributed by atoms with van der Waals surface area (Å²) in [6, 6.07) is 3.75. The Balaban J connectivity index is 2.92. The van der Waals surface area contributed by atoms with Gasteiger partial charge in [0.05, 0.1) is 6.10 Å². The van der Waals surface area contributed by atoms with Crippen molar-refractivity contribution in [2.45, 2.75) is 26.4 Å². The van der Waals surface area contributed by atoms with E-state index in [0.29, 0.717) is 11.4 Å². The Hall–Kier alpha value is -1.08. The quantitative estimate of drug-likeness (QED) is 0.834. The maximum absolute atomic E-state index is 8.84. The Morgan fingerprint density at radius 1 is 1.71 bits per heavy atom. The van der Waals surface area contributed by atoms with E-state index in [0.717, 1.165) is 10.9 Å². The highest BCUT2D eigenvalue weighted by Crippen LogP contribution is 2.20. The molecular formula is C10H11BrN2O. The molecule has 0 aromatic carbocycles. The Morgan fingerprint density at radius 3 is 3.00 bits per heavy atom. The van der Waals surface area contributed by atoms with Crippen LogP contribution in [0.25, 0.3) is 0 Å². The van der Waals surface area contributed by atoms with Crippen molar-refractivity contribution in [2.75, 3.05) is 0 Å². The van der Waals surface area contributed by atoms with E-state index in [2.05, 4.69) is 20.9 Å². The summed E-state index contributed by atoms with van der Waals surface area (Å²) in [6.45, 7) is 3.97. The summed E-state index contributed by atoms with van der Waals surface area (Å²) in [7, 11) is 0. The van der Waals surface area contributed by atoms with Gasteiger partial charge in [-0.2, -0.15) is 5.26 Å². The second-order valence-corrected chi connectivity index (χ2v) is 3.87. The largest absolute Gasteiger partial charge is 0.474 e. The van der Waals surface area contributed by atoms with Crippen molar-refractivity contribution in [2.24, 2.45) is 0 Å². The molecule has 4 heteroatoms. The number of nitrogens with zero attached hydrogens (tertiary/aromatic N) is 2. The molecule has 1 unspecified atom stereocenters. The molecule has 1 aromatic heterocycles. The highest BCUT2D eigenvalue weighted by atomic mass is 79.9. The van der Waals surface area contributed by atoms with Crippen molar-refractivity contribution in [1.29, 1.82) is 5.26 Å². The van der Waals surface area contributed by atoms with Gasteiger partial charge in [0, 0.05) is 10.7 Å². The van der Waals surface area contributed by atoms with Crippen LogP contribution in [0, 0.1) is 11.3 Å². The van der Waals surface area contributed by atoms with Gasteiger partial charge < -0.3 is 4.74 Å². The van der Waals surface area contributed by atoms with E-state index in [1.165, 1.54) is 0 Å². The number of rotatable bonds is 3. The molecule has 1 aromatic rings. The van der Waals surface area contributed by atoms with E-state index < -0.39 is 0 Å². The molecule has 0 aliphatic rings. The third kappa shape index (κ3) is 2.71. The van der Waals surface area contributed by atoms with Gasteiger partial charge in [-0.05, 0) is 35.3 Å². The lowest BCUT2D eigenvalue weighted by molar-refractivity contribution is 0.208. The average Bonchev–Trinajstić information content (AvgIpc) is 2.20. The molecule has 1 rings (SSSR count). The monoisotopic (exact) mass is 254 g/mol. The Kier molecular flexibility index (Phi) is 3.90. The third-order valence-corrected chi connectivity index (χ3v) is 2.26. The third-order valence-electron chi connectivity index (χ3n) is 1.83. The summed E-state index contributed by atoms with van der Waals surface area (Å²) in [4.78, 5) is 4.05. The summed E-state index contributed by atoms with van der Waals surface area (Å²) in [5.74, 6) is 0.407. The first-order valence-corrected chi connectivity index (χ1v) is 5.19. The van der Waals surface area contributed by atoms with Gasteiger partial charge in [-0.3, -0.25) is 0 Å². The first-order chi connectivity index (χ1) is 6.67. The molecule has 0 aliphatic heterocycles. The van der Waals surface area contributed by atoms with Crippen molar-refractivity contribution < 1.29 is 4.74 Å². The fourth-order valence-corrected chi connectivity index (χ4v) is 1.21. The molecule has 3 nitrogen and oxygen atoms in total. The minimum absolute atomic E-state index is 0.0794. The van der Waals surface area contributed by atoms with E-state index in [9.17, 15) is 0 Å². The summed E-state index contributed by atoms with van der Waals surface area (Å²) in [5.41, 5.74) is 0.458. The van der Waals surface area contributed by atoms with Crippen molar-refractivity contribution in [1.82, 2.24) is 4.98 Å². The molecular weight excluding hydrogens is 244 g/mol. The van der Waals surface area contributed by atoms with Crippen LogP contribution in [0.1, 0.15) is 25.8 Å². The maximum atomic E-state index is 8.84. The van der Waals surface area contributed by atoms with Gasteiger partial charge in [-0.1, -0.05) is 6.92 Å². The van der Waals surface area contributed by atoms with Crippen molar-refractivity contribution in [3.63, 3.8) is 0 Å². The zero-order chi connectivity index (χ0) is 10.6.